The Balaban J connectivity index is 2.62. The molecule has 0 aliphatic carbocycles. The smallest absolute Gasteiger partial charge is 0.0782 e. The number of ether oxygens (including phenoxy) is 1. The normalized spacial score (nSPS) is 26.4. The molecule has 1 aliphatic heterocycles. The SMILES string of the molecule is CC(C)O[C@H]([C@@H]1CCN1C)C(C)(C)C. The zero-order valence-electron chi connectivity index (χ0n) is 10.5. The molecule has 0 bridgehead atoms. The standard InChI is InChI=1S/C12H25NO/c1-9(2)14-11(12(3,4)5)10-7-8-13(10)6/h9-11H,7-8H2,1-6H3/t10-,11+/m0/s1. The van der Waals surface area contributed by atoms with Gasteiger partial charge in [0, 0.05) is 6.04 Å². The monoisotopic (exact) mass is 199 g/mol. The van der Waals surface area contributed by atoms with Crippen molar-refractivity contribution in [1.29, 1.82) is 0 Å². The second kappa shape index (κ2) is 4.19. The summed E-state index contributed by atoms with van der Waals surface area (Å²) in [5, 5.41) is 0. The number of hydrogen-bond acceptors (Lipinski definition) is 2. The van der Waals surface area contributed by atoms with E-state index in [4.69, 9.17) is 4.74 Å². The molecule has 2 nitrogen and oxygen atoms in total. The first-order valence-corrected chi connectivity index (χ1v) is 5.68. The van der Waals surface area contributed by atoms with Crippen molar-refractivity contribution in [2.24, 2.45) is 5.41 Å². The molecule has 0 aromatic rings. The van der Waals surface area contributed by atoms with Crippen molar-refractivity contribution in [3.05, 3.63) is 0 Å². The Morgan fingerprint density at radius 2 is 1.86 bits per heavy atom. The van der Waals surface area contributed by atoms with E-state index in [9.17, 15) is 0 Å². The predicted molar refractivity (Wildman–Crippen MR) is 60.5 cm³/mol. The van der Waals surface area contributed by atoms with Gasteiger partial charge in [-0.1, -0.05) is 20.8 Å². The lowest BCUT2D eigenvalue weighted by atomic mass is 9.80. The van der Waals surface area contributed by atoms with Crippen molar-refractivity contribution in [1.82, 2.24) is 4.90 Å². The third-order valence-electron chi connectivity index (χ3n) is 2.97. The second-order valence-corrected chi connectivity index (χ2v) is 5.81. The Bertz CT molecular complexity index is 183. The molecule has 2 heteroatoms. The van der Waals surface area contributed by atoms with Crippen molar-refractivity contribution in [3.63, 3.8) is 0 Å². The molecule has 84 valence electrons. The van der Waals surface area contributed by atoms with Crippen LogP contribution in [0.1, 0.15) is 41.0 Å². The maximum absolute atomic E-state index is 6.05. The van der Waals surface area contributed by atoms with Gasteiger partial charge in [-0.2, -0.15) is 0 Å². The largest absolute Gasteiger partial charge is 0.373 e. The zero-order valence-corrected chi connectivity index (χ0v) is 10.5. The summed E-state index contributed by atoms with van der Waals surface area (Å²) in [5.74, 6) is 0. The Morgan fingerprint density at radius 1 is 1.29 bits per heavy atom. The van der Waals surface area contributed by atoms with Gasteiger partial charge < -0.3 is 9.64 Å². The molecule has 0 amide bonds. The number of likely N-dealkylation sites (N-methyl/N-ethyl adjacent to an activating group) is 1. The number of likely N-dealkylation sites (tertiary alicyclic amines) is 1. The summed E-state index contributed by atoms with van der Waals surface area (Å²) in [6, 6.07) is 0.623. The van der Waals surface area contributed by atoms with E-state index in [0.717, 1.165) is 0 Å². The molecular weight excluding hydrogens is 174 g/mol. The van der Waals surface area contributed by atoms with Crippen LogP contribution in [0.4, 0.5) is 0 Å². The van der Waals surface area contributed by atoms with Crippen LogP contribution in [-0.4, -0.2) is 36.7 Å². The predicted octanol–water partition coefficient (Wildman–Crippen LogP) is 2.53. The average Bonchev–Trinajstić information content (AvgIpc) is 1.98. The average molecular weight is 199 g/mol. The molecular formula is C12H25NO. The van der Waals surface area contributed by atoms with Gasteiger partial charge in [-0.15, -0.1) is 0 Å². The van der Waals surface area contributed by atoms with Crippen LogP contribution in [0.3, 0.4) is 0 Å². The molecule has 0 aromatic heterocycles. The third kappa shape index (κ3) is 2.71. The molecule has 0 unspecified atom stereocenters. The summed E-state index contributed by atoms with van der Waals surface area (Å²) in [4.78, 5) is 2.40. The summed E-state index contributed by atoms with van der Waals surface area (Å²) < 4.78 is 6.05. The molecule has 0 aromatic carbocycles. The summed E-state index contributed by atoms with van der Waals surface area (Å²) in [6.45, 7) is 12.3. The quantitative estimate of drug-likeness (QED) is 0.692. The van der Waals surface area contributed by atoms with E-state index >= 15 is 0 Å². The Morgan fingerprint density at radius 3 is 2.07 bits per heavy atom. The first-order valence-electron chi connectivity index (χ1n) is 5.68. The van der Waals surface area contributed by atoms with E-state index in [1.165, 1.54) is 13.0 Å². The Hall–Kier alpha value is -0.0800. The molecule has 0 N–H and O–H groups in total. The summed E-state index contributed by atoms with van der Waals surface area (Å²) in [6.07, 6.45) is 1.97. The van der Waals surface area contributed by atoms with Gasteiger partial charge in [-0.25, -0.2) is 0 Å². The van der Waals surface area contributed by atoms with Crippen LogP contribution >= 0.6 is 0 Å². The fourth-order valence-electron chi connectivity index (χ4n) is 2.08. The van der Waals surface area contributed by atoms with E-state index in [1.807, 2.05) is 0 Å². The van der Waals surface area contributed by atoms with E-state index < -0.39 is 0 Å². The van der Waals surface area contributed by atoms with Crippen LogP contribution in [0, 0.1) is 5.41 Å². The molecule has 2 atom stereocenters. The molecule has 1 heterocycles. The van der Waals surface area contributed by atoms with Gasteiger partial charge in [0.25, 0.3) is 0 Å². The van der Waals surface area contributed by atoms with Crippen LogP contribution in [0.15, 0.2) is 0 Å². The highest BCUT2D eigenvalue weighted by molar-refractivity contribution is 4.93. The van der Waals surface area contributed by atoms with Crippen LogP contribution in [-0.2, 0) is 4.74 Å². The lowest BCUT2D eigenvalue weighted by Crippen LogP contribution is -2.57. The molecule has 1 rings (SSSR count). The zero-order chi connectivity index (χ0) is 10.9. The van der Waals surface area contributed by atoms with Gasteiger partial charge in [0.1, 0.15) is 0 Å². The topological polar surface area (TPSA) is 12.5 Å². The maximum atomic E-state index is 6.05. The van der Waals surface area contributed by atoms with E-state index in [-0.39, 0.29) is 5.41 Å². The van der Waals surface area contributed by atoms with Crippen molar-refractivity contribution >= 4 is 0 Å². The minimum absolute atomic E-state index is 0.240. The van der Waals surface area contributed by atoms with Gasteiger partial charge in [0.2, 0.25) is 0 Å². The molecule has 1 aliphatic rings. The molecule has 1 saturated heterocycles. The van der Waals surface area contributed by atoms with Crippen LogP contribution in [0.5, 0.6) is 0 Å². The van der Waals surface area contributed by atoms with Gasteiger partial charge in [-0.3, -0.25) is 0 Å². The van der Waals surface area contributed by atoms with E-state index in [0.29, 0.717) is 18.2 Å². The van der Waals surface area contributed by atoms with Crippen molar-refractivity contribution in [3.8, 4) is 0 Å². The van der Waals surface area contributed by atoms with E-state index in [2.05, 4.69) is 46.6 Å². The molecule has 0 spiro atoms. The molecule has 14 heavy (non-hydrogen) atoms. The molecule has 0 radical (unpaired) electrons. The Kier molecular flexibility index (Phi) is 3.59. The molecule has 1 fully saturated rings. The fraction of sp³-hybridized carbons (Fsp3) is 1.00. The maximum Gasteiger partial charge on any atom is 0.0782 e. The van der Waals surface area contributed by atoms with Crippen molar-refractivity contribution in [2.45, 2.75) is 59.3 Å². The van der Waals surface area contributed by atoms with Gasteiger partial charge in [-0.05, 0) is 39.3 Å². The van der Waals surface area contributed by atoms with Crippen LogP contribution < -0.4 is 0 Å². The molecule has 0 saturated carbocycles. The Labute approximate surface area is 88.6 Å². The van der Waals surface area contributed by atoms with Gasteiger partial charge in [0.15, 0.2) is 0 Å². The van der Waals surface area contributed by atoms with Gasteiger partial charge in [0.05, 0.1) is 12.2 Å². The highest BCUT2D eigenvalue weighted by Crippen LogP contribution is 2.33. The summed E-state index contributed by atoms with van der Waals surface area (Å²) in [5.41, 5.74) is 0.240. The minimum Gasteiger partial charge on any atom is -0.373 e. The highest BCUT2D eigenvalue weighted by Gasteiger charge is 2.40. The first-order chi connectivity index (χ1) is 6.32. The summed E-state index contributed by atoms with van der Waals surface area (Å²) in [7, 11) is 2.19. The fourth-order valence-corrected chi connectivity index (χ4v) is 2.08. The van der Waals surface area contributed by atoms with Crippen molar-refractivity contribution in [2.75, 3.05) is 13.6 Å². The number of nitrogens with zero attached hydrogens (tertiary/aromatic N) is 1. The minimum atomic E-state index is 0.240. The highest BCUT2D eigenvalue weighted by atomic mass is 16.5. The van der Waals surface area contributed by atoms with Crippen LogP contribution in [0.2, 0.25) is 0 Å². The lowest BCUT2D eigenvalue weighted by Gasteiger charge is -2.48. The van der Waals surface area contributed by atoms with E-state index in [1.54, 1.807) is 0 Å². The summed E-state index contributed by atoms with van der Waals surface area (Å²) >= 11 is 0. The number of hydrogen-bond donors (Lipinski definition) is 0. The first kappa shape index (κ1) is 12.0. The number of rotatable bonds is 3. The lowest BCUT2D eigenvalue weighted by molar-refractivity contribution is -0.118. The van der Waals surface area contributed by atoms with Gasteiger partial charge >= 0.3 is 0 Å². The van der Waals surface area contributed by atoms with Crippen LogP contribution in [0.25, 0.3) is 0 Å². The van der Waals surface area contributed by atoms with Crippen molar-refractivity contribution < 1.29 is 4.74 Å². The second-order valence-electron chi connectivity index (χ2n) is 5.81. The third-order valence-corrected chi connectivity index (χ3v) is 2.97.